The van der Waals surface area contributed by atoms with Gasteiger partial charge in [-0.15, -0.1) is 0 Å². The van der Waals surface area contributed by atoms with E-state index in [1.165, 1.54) is 5.56 Å². The molecule has 4 nitrogen and oxygen atoms in total. The number of nitrogens with one attached hydrogen (secondary N) is 1. The van der Waals surface area contributed by atoms with Crippen molar-refractivity contribution >= 4 is 6.16 Å². The highest BCUT2D eigenvalue weighted by Gasteiger charge is 2.16. The van der Waals surface area contributed by atoms with Crippen LogP contribution >= 0.6 is 0 Å². The summed E-state index contributed by atoms with van der Waals surface area (Å²) in [6.45, 7) is 7.10. The summed E-state index contributed by atoms with van der Waals surface area (Å²) in [5.41, 5.74) is 0.698. The largest absolute Gasteiger partial charge is 0.508 e. The van der Waals surface area contributed by atoms with Gasteiger partial charge >= 0.3 is 6.16 Å². The topological polar surface area (TPSA) is 47.6 Å². The standard InChI is InChI=1S/C14H21NO3/c1-14(2,3)18-13(16)17-10-9-15-11-12-7-5-4-6-8-12/h4-8,15H,9-11H2,1-3H3. The average molecular weight is 251 g/mol. The van der Waals surface area contributed by atoms with E-state index in [-0.39, 0.29) is 0 Å². The Morgan fingerprint density at radius 3 is 2.50 bits per heavy atom. The highest BCUT2D eigenvalue weighted by molar-refractivity contribution is 5.60. The van der Waals surface area contributed by atoms with Gasteiger partial charge in [0.15, 0.2) is 0 Å². The SMILES string of the molecule is CC(C)(C)OC(=O)OCCNCc1ccccc1. The van der Waals surface area contributed by atoms with Crippen LogP contribution in [0.1, 0.15) is 26.3 Å². The first-order valence-electron chi connectivity index (χ1n) is 6.08. The molecule has 0 amide bonds. The zero-order valence-corrected chi connectivity index (χ0v) is 11.2. The third-order valence-electron chi connectivity index (χ3n) is 2.06. The zero-order valence-electron chi connectivity index (χ0n) is 11.2. The van der Waals surface area contributed by atoms with E-state index in [0.717, 1.165) is 6.54 Å². The number of hydrogen-bond acceptors (Lipinski definition) is 4. The van der Waals surface area contributed by atoms with Crippen LogP contribution in [0.25, 0.3) is 0 Å². The van der Waals surface area contributed by atoms with Crippen LogP contribution in [0.3, 0.4) is 0 Å². The lowest BCUT2D eigenvalue weighted by Gasteiger charge is -2.18. The van der Waals surface area contributed by atoms with Gasteiger partial charge in [-0.1, -0.05) is 30.3 Å². The van der Waals surface area contributed by atoms with Crippen LogP contribution in [0.5, 0.6) is 0 Å². The third-order valence-corrected chi connectivity index (χ3v) is 2.06. The number of carbonyl (C=O) groups is 1. The first kappa shape index (κ1) is 14.5. The van der Waals surface area contributed by atoms with Gasteiger partial charge in [-0.3, -0.25) is 0 Å². The second-order valence-electron chi connectivity index (χ2n) is 4.98. The summed E-state index contributed by atoms with van der Waals surface area (Å²) in [7, 11) is 0. The first-order valence-corrected chi connectivity index (χ1v) is 6.08. The van der Waals surface area contributed by atoms with Gasteiger partial charge in [0.1, 0.15) is 12.2 Å². The van der Waals surface area contributed by atoms with Crippen molar-refractivity contribution in [2.24, 2.45) is 0 Å². The van der Waals surface area contributed by atoms with Crippen molar-refractivity contribution in [1.82, 2.24) is 5.32 Å². The van der Waals surface area contributed by atoms with E-state index < -0.39 is 11.8 Å². The fourth-order valence-electron chi connectivity index (χ4n) is 1.31. The van der Waals surface area contributed by atoms with Gasteiger partial charge < -0.3 is 14.8 Å². The summed E-state index contributed by atoms with van der Waals surface area (Å²) in [6, 6.07) is 10.1. The molecule has 0 saturated carbocycles. The maximum absolute atomic E-state index is 11.2. The highest BCUT2D eigenvalue weighted by Crippen LogP contribution is 2.07. The van der Waals surface area contributed by atoms with E-state index in [1.54, 1.807) is 0 Å². The molecule has 1 aromatic rings. The molecule has 0 spiro atoms. The van der Waals surface area contributed by atoms with Crippen LogP contribution < -0.4 is 5.32 Å². The molecule has 0 bridgehead atoms. The second kappa shape index (κ2) is 7.01. The molecule has 0 saturated heterocycles. The molecule has 0 atom stereocenters. The van der Waals surface area contributed by atoms with Crippen molar-refractivity contribution in [3.63, 3.8) is 0 Å². The lowest BCUT2D eigenvalue weighted by atomic mass is 10.2. The lowest BCUT2D eigenvalue weighted by Crippen LogP contribution is -2.27. The van der Waals surface area contributed by atoms with E-state index in [9.17, 15) is 4.79 Å². The molecule has 0 heterocycles. The van der Waals surface area contributed by atoms with Crippen molar-refractivity contribution in [2.75, 3.05) is 13.2 Å². The Hall–Kier alpha value is -1.55. The van der Waals surface area contributed by atoms with Crippen molar-refractivity contribution in [3.8, 4) is 0 Å². The van der Waals surface area contributed by atoms with E-state index in [0.29, 0.717) is 13.2 Å². The van der Waals surface area contributed by atoms with Gasteiger partial charge in [0, 0.05) is 13.1 Å². The summed E-state index contributed by atoms with van der Waals surface area (Å²) in [6.07, 6.45) is -0.621. The fourth-order valence-corrected chi connectivity index (χ4v) is 1.31. The molecule has 0 radical (unpaired) electrons. The molecule has 1 aromatic carbocycles. The monoisotopic (exact) mass is 251 g/mol. The van der Waals surface area contributed by atoms with Gasteiger partial charge in [0.05, 0.1) is 0 Å². The number of benzene rings is 1. The van der Waals surface area contributed by atoms with Gasteiger partial charge in [0.25, 0.3) is 0 Å². The Morgan fingerprint density at radius 1 is 1.22 bits per heavy atom. The molecule has 0 fully saturated rings. The predicted molar refractivity (Wildman–Crippen MR) is 70.3 cm³/mol. The minimum Gasteiger partial charge on any atom is -0.433 e. The van der Waals surface area contributed by atoms with Crippen LogP contribution in [-0.4, -0.2) is 24.9 Å². The van der Waals surface area contributed by atoms with Gasteiger partial charge in [-0.05, 0) is 26.3 Å². The minimum atomic E-state index is -0.621. The van der Waals surface area contributed by atoms with Crippen LogP contribution in [0, 0.1) is 0 Å². The molecule has 18 heavy (non-hydrogen) atoms. The Morgan fingerprint density at radius 2 is 1.89 bits per heavy atom. The molecule has 4 heteroatoms. The Kier molecular flexibility index (Phi) is 5.65. The van der Waals surface area contributed by atoms with Gasteiger partial charge in [-0.25, -0.2) is 4.79 Å². The smallest absolute Gasteiger partial charge is 0.433 e. The maximum Gasteiger partial charge on any atom is 0.508 e. The Bertz CT molecular complexity index is 357. The van der Waals surface area contributed by atoms with E-state index >= 15 is 0 Å². The molecule has 1 rings (SSSR count). The Balaban J connectivity index is 2.07. The predicted octanol–water partition coefficient (Wildman–Crippen LogP) is 2.73. The molecule has 0 aliphatic carbocycles. The summed E-state index contributed by atoms with van der Waals surface area (Å²) < 4.78 is 9.95. The molecular weight excluding hydrogens is 230 g/mol. The first-order chi connectivity index (χ1) is 8.47. The lowest BCUT2D eigenvalue weighted by molar-refractivity contribution is -0.00660. The minimum absolute atomic E-state index is 0.307. The quantitative estimate of drug-likeness (QED) is 0.645. The normalized spacial score (nSPS) is 11.1. The number of ether oxygens (including phenoxy) is 2. The second-order valence-corrected chi connectivity index (χ2v) is 4.98. The van der Waals surface area contributed by atoms with Crippen molar-refractivity contribution in [3.05, 3.63) is 35.9 Å². The van der Waals surface area contributed by atoms with E-state index in [2.05, 4.69) is 5.32 Å². The molecule has 0 aromatic heterocycles. The fraction of sp³-hybridized carbons (Fsp3) is 0.500. The number of rotatable bonds is 5. The molecular formula is C14H21NO3. The van der Waals surface area contributed by atoms with Crippen molar-refractivity contribution in [1.29, 1.82) is 0 Å². The van der Waals surface area contributed by atoms with Crippen molar-refractivity contribution < 1.29 is 14.3 Å². The van der Waals surface area contributed by atoms with Crippen LogP contribution in [0.15, 0.2) is 30.3 Å². The Labute approximate surface area is 108 Å². The zero-order chi connectivity index (χ0) is 13.4. The number of carbonyl (C=O) groups excluding carboxylic acids is 1. The molecule has 0 aliphatic heterocycles. The third kappa shape index (κ3) is 6.91. The van der Waals surface area contributed by atoms with Gasteiger partial charge in [-0.2, -0.15) is 0 Å². The summed E-state index contributed by atoms with van der Waals surface area (Å²) in [5.74, 6) is 0. The summed E-state index contributed by atoms with van der Waals surface area (Å²) in [5, 5.41) is 3.19. The van der Waals surface area contributed by atoms with Crippen LogP contribution in [0.2, 0.25) is 0 Å². The van der Waals surface area contributed by atoms with Crippen molar-refractivity contribution in [2.45, 2.75) is 32.9 Å². The summed E-state index contributed by atoms with van der Waals surface area (Å²) in [4.78, 5) is 11.2. The van der Waals surface area contributed by atoms with Crippen LogP contribution in [0.4, 0.5) is 4.79 Å². The maximum atomic E-state index is 11.2. The molecule has 100 valence electrons. The van der Waals surface area contributed by atoms with Gasteiger partial charge in [0.2, 0.25) is 0 Å². The number of hydrogen-bond donors (Lipinski definition) is 1. The van der Waals surface area contributed by atoms with E-state index in [1.807, 2.05) is 51.1 Å². The molecule has 0 unspecified atom stereocenters. The van der Waals surface area contributed by atoms with E-state index in [4.69, 9.17) is 9.47 Å². The highest BCUT2D eigenvalue weighted by atomic mass is 16.7. The molecule has 1 N–H and O–H groups in total. The van der Waals surface area contributed by atoms with Crippen LogP contribution in [-0.2, 0) is 16.0 Å². The average Bonchev–Trinajstić information content (AvgIpc) is 2.27. The molecule has 0 aliphatic rings. The summed E-state index contributed by atoms with van der Waals surface area (Å²) >= 11 is 0.